The number of halogens is 3. The molecule has 0 amide bonds. The predicted molar refractivity (Wildman–Crippen MR) is 62.4 cm³/mol. The first-order valence-electron chi connectivity index (χ1n) is 4.44. The summed E-state index contributed by atoms with van der Waals surface area (Å²) in [7, 11) is 0. The van der Waals surface area contributed by atoms with Crippen molar-refractivity contribution >= 4 is 27.3 Å². The minimum absolute atomic E-state index is 0.0475. The molecule has 1 nitrogen and oxygen atoms in total. The maximum Gasteiger partial charge on any atom is 0.137 e. The zero-order valence-electron chi connectivity index (χ0n) is 7.95. The Hall–Kier alpha value is -0.780. The molecule has 0 saturated carbocycles. The highest BCUT2D eigenvalue weighted by Gasteiger charge is 2.17. The first kappa shape index (κ1) is 11.7. The van der Waals surface area contributed by atoms with Crippen LogP contribution in [0.3, 0.4) is 0 Å². The van der Waals surface area contributed by atoms with E-state index in [2.05, 4.69) is 15.9 Å². The third-order valence-electron chi connectivity index (χ3n) is 2.19. The van der Waals surface area contributed by atoms with E-state index < -0.39 is 17.7 Å². The molecule has 0 saturated heterocycles. The van der Waals surface area contributed by atoms with E-state index in [4.69, 9.17) is 0 Å². The van der Waals surface area contributed by atoms with Crippen molar-refractivity contribution in [3.8, 4) is 0 Å². The zero-order valence-corrected chi connectivity index (χ0v) is 10.4. The number of hydrogen-bond donors (Lipinski definition) is 1. The summed E-state index contributed by atoms with van der Waals surface area (Å²) in [5, 5.41) is 13.3. The molecule has 0 radical (unpaired) electrons. The summed E-state index contributed by atoms with van der Waals surface area (Å²) >= 11 is 4.27. The van der Waals surface area contributed by atoms with Crippen LogP contribution in [0.15, 0.2) is 33.4 Å². The molecule has 1 heterocycles. The zero-order chi connectivity index (χ0) is 11.7. The fourth-order valence-corrected chi connectivity index (χ4v) is 2.35. The van der Waals surface area contributed by atoms with Crippen LogP contribution in [0.4, 0.5) is 8.78 Å². The molecule has 1 atom stereocenters. The Balaban J connectivity index is 2.44. The molecule has 16 heavy (non-hydrogen) atoms. The van der Waals surface area contributed by atoms with E-state index in [1.165, 1.54) is 11.3 Å². The van der Waals surface area contributed by atoms with Crippen LogP contribution in [0.25, 0.3) is 0 Å². The van der Waals surface area contributed by atoms with Crippen molar-refractivity contribution < 1.29 is 13.9 Å². The molecule has 5 heteroatoms. The smallest absolute Gasteiger partial charge is 0.137 e. The van der Waals surface area contributed by atoms with Gasteiger partial charge in [0.1, 0.15) is 17.7 Å². The van der Waals surface area contributed by atoms with Crippen LogP contribution in [0.5, 0.6) is 0 Å². The van der Waals surface area contributed by atoms with Gasteiger partial charge in [-0.05, 0) is 50.5 Å². The molecule has 1 aromatic heterocycles. The van der Waals surface area contributed by atoms with Crippen molar-refractivity contribution in [2.45, 2.75) is 6.10 Å². The highest BCUT2D eigenvalue weighted by molar-refractivity contribution is 9.10. The number of rotatable bonds is 2. The predicted octanol–water partition coefficient (Wildman–Crippen LogP) is 3.87. The van der Waals surface area contributed by atoms with Gasteiger partial charge in [0.05, 0.1) is 4.47 Å². The summed E-state index contributed by atoms with van der Waals surface area (Å²) in [6, 6.07) is 3.69. The highest BCUT2D eigenvalue weighted by Crippen LogP contribution is 2.29. The van der Waals surface area contributed by atoms with Crippen LogP contribution in [0.1, 0.15) is 17.2 Å². The number of aliphatic hydroxyl groups excluding tert-OH is 1. The molecule has 84 valence electrons. The lowest BCUT2D eigenvalue weighted by Gasteiger charge is -2.11. The van der Waals surface area contributed by atoms with Gasteiger partial charge in [0, 0.05) is 5.56 Å². The standard InChI is InChI=1S/C11H7BrF2OS/c12-8-4-9(13)7(3-10(8)14)11(15)6-1-2-16-5-6/h1-5,11,15H. The molecular weight excluding hydrogens is 298 g/mol. The van der Waals surface area contributed by atoms with Gasteiger partial charge in [-0.25, -0.2) is 8.78 Å². The van der Waals surface area contributed by atoms with Gasteiger partial charge in [0.25, 0.3) is 0 Å². The minimum Gasteiger partial charge on any atom is -0.384 e. The fraction of sp³-hybridized carbons (Fsp3) is 0.0909. The molecule has 2 aromatic rings. The van der Waals surface area contributed by atoms with Crippen LogP contribution >= 0.6 is 27.3 Å². The summed E-state index contributed by atoms with van der Waals surface area (Å²) in [4.78, 5) is 0. The van der Waals surface area contributed by atoms with Crippen LogP contribution in [-0.2, 0) is 0 Å². The molecule has 2 rings (SSSR count). The summed E-state index contributed by atoms with van der Waals surface area (Å²) in [6.07, 6.45) is -1.13. The topological polar surface area (TPSA) is 20.2 Å². The normalized spacial score (nSPS) is 12.8. The second kappa shape index (κ2) is 4.61. The third kappa shape index (κ3) is 2.16. The maximum absolute atomic E-state index is 13.5. The fourth-order valence-electron chi connectivity index (χ4n) is 1.36. The quantitative estimate of drug-likeness (QED) is 0.835. The molecule has 0 spiro atoms. The summed E-state index contributed by atoms with van der Waals surface area (Å²) < 4.78 is 26.8. The molecule has 0 aliphatic heterocycles. The van der Waals surface area contributed by atoms with Crippen molar-refractivity contribution in [2.75, 3.05) is 0 Å². The largest absolute Gasteiger partial charge is 0.384 e. The lowest BCUT2D eigenvalue weighted by Crippen LogP contribution is -2.02. The van der Waals surface area contributed by atoms with E-state index in [9.17, 15) is 13.9 Å². The Bertz CT molecular complexity index is 499. The van der Waals surface area contributed by atoms with Crippen LogP contribution in [0.2, 0.25) is 0 Å². The Morgan fingerprint density at radius 3 is 2.62 bits per heavy atom. The van der Waals surface area contributed by atoms with Gasteiger partial charge in [0.15, 0.2) is 0 Å². The molecule has 1 aromatic carbocycles. The van der Waals surface area contributed by atoms with Gasteiger partial charge in [-0.2, -0.15) is 11.3 Å². The average molecular weight is 305 g/mol. The van der Waals surface area contributed by atoms with Crippen molar-refractivity contribution in [1.82, 2.24) is 0 Å². The highest BCUT2D eigenvalue weighted by atomic mass is 79.9. The SMILES string of the molecule is OC(c1ccsc1)c1cc(F)c(Br)cc1F. The lowest BCUT2D eigenvalue weighted by atomic mass is 10.0. The van der Waals surface area contributed by atoms with Gasteiger partial charge in [-0.1, -0.05) is 0 Å². The number of thiophene rings is 1. The maximum atomic E-state index is 13.5. The lowest BCUT2D eigenvalue weighted by molar-refractivity contribution is 0.215. The van der Waals surface area contributed by atoms with Gasteiger partial charge in [-0.15, -0.1) is 0 Å². The molecule has 0 bridgehead atoms. The van der Waals surface area contributed by atoms with Crippen LogP contribution in [-0.4, -0.2) is 5.11 Å². The number of benzene rings is 1. The first-order valence-corrected chi connectivity index (χ1v) is 6.18. The molecule has 0 fully saturated rings. The first-order chi connectivity index (χ1) is 7.59. The van der Waals surface area contributed by atoms with E-state index in [1.54, 1.807) is 16.8 Å². The van der Waals surface area contributed by atoms with E-state index in [-0.39, 0.29) is 10.0 Å². The van der Waals surface area contributed by atoms with Crippen LogP contribution < -0.4 is 0 Å². The molecule has 1 N–H and O–H groups in total. The van der Waals surface area contributed by atoms with Gasteiger partial charge >= 0.3 is 0 Å². The van der Waals surface area contributed by atoms with E-state index in [0.717, 1.165) is 12.1 Å². The summed E-state index contributed by atoms with van der Waals surface area (Å²) in [5.74, 6) is -1.22. The Kier molecular flexibility index (Phi) is 3.37. The van der Waals surface area contributed by atoms with E-state index >= 15 is 0 Å². The van der Waals surface area contributed by atoms with Crippen molar-refractivity contribution in [1.29, 1.82) is 0 Å². The second-order valence-electron chi connectivity index (χ2n) is 3.25. The molecule has 0 aliphatic carbocycles. The monoisotopic (exact) mass is 304 g/mol. The Morgan fingerprint density at radius 2 is 2.00 bits per heavy atom. The summed E-state index contributed by atoms with van der Waals surface area (Å²) in [6.45, 7) is 0. The van der Waals surface area contributed by atoms with Crippen molar-refractivity contribution in [3.63, 3.8) is 0 Å². The molecular formula is C11H7BrF2OS. The molecule has 0 aliphatic rings. The Morgan fingerprint density at radius 1 is 1.25 bits per heavy atom. The number of hydrogen-bond acceptors (Lipinski definition) is 2. The van der Waals surface area contributed by atoms with Gasteiger partial charge in [0.2, 0.25) is 0 Å². The average Bonchev–Trinajstić information content (AvgIpc) is 2.75. The molecule has 1 unspecified atom stereocenters. The van der Waals surface area contributed by atoms with Gasteiger partial charge in [-0.3, -0.25) is 0 Å². The van der Waals surface area contributed by atoms with Crippen LogP contribution in [0, 0.1) is 11.6 Å². The minimum atomic E-state index is -1.13. The van der Waals surface area contributed by atoms with E-state index in [1.807, 2.05) is 0 Å². The van der Waals surface area contributed by atoms with E-state index in [0.29, 0.717) is 5.56 Å². The third-order valence-corrected chi connectivity index (χ3v) is 3.50. The number of aliphatic hydroxyl groups is 1. The second-order valence-corrected chi connectivity index (χ2v) is 4.88. The van der Waals surface area contributed by atoms with Gasteiger partial charge < -0.3 is 5.11 Å². The summed E-state index contributed by atoms with van der Waals surface area (Å²) in [5.41, 5.74) is 0.504. The van der Waals surface area contributed by atoms with Crippen molar-refractivity contribution in [2.24, 2.45) is 0 Å². The van der Waals surface area contributed by atoms with Crippen molar-refractivity contribution in [3.05, 3.63) is 56.2 Å². The Labute approximate surface area is 103 Å².